The van der Waals surface area contributed by atoms with Gasteiger partial charge < -0.3 is 14.7 Å². The first kappa shape index (κ1) is 19.4. The highest BCUT2D eigenvalue weighted by molar-refractivity contribution is 7.17. The van der Waals surface area contributed by atoms with E-state index in [1.165, 1.54) is 10.1 Å². The van der Waals surface area contributed by atoms with Crippen LogP contribution >= 0.6 is 23.7 Å². The first-order chi connectivity index (χ1) is 10.2. The second-order valence-corrected chi connectivity index (χ2v) is 6.18. The molecular weight excluding hydrogens is 318 g/mol. The summed E-state index contributed by atoms with van der Waals surface area (Å²) in [4.78, 5) is 2.31. The Morgan fingerprint density at radius 1 is 1.23 bits per heavy atom. The molecular formula is C17H26ClNO2S. The average molecular weight is 344 g/mol. The van der Waals surface area contributed by atoms with E-state index in [2.05, 4.69) is 43.2 Å². The highest BCUT2D eigenvalue weighted by Crippen LogP contribution is 2.29. The van der Waals surface area contributed by atoms with Gasteiger partial charge in [-0.15, -0.1) is 23.7 Å². The monoisotopic (exact) mass is 343 g/mol. The highest BCUT2D eigenvalue weighted by atomic mass is 35.5. The third-order valence-electron chi connectivity index (χ3n) is 4.03. The quantitative estimate of drug-likeness (QED) is 0.735. The summed E-state index contributed by atoms with van der Waals surface area (Å²) in [6, 6.07) is 6.22. The van der Waals surface area contributed by atoms with E-state index in [-0.39, 0.29) is 12.4 Å². The van der Waals surface area contributed by atoms with Gasteiger partial charge in [0.1, 0.15) is 6.10 Å². The van der Waals surface area contributed by atoms with Crippen LogP contribution in [0.25, 0.3) is 10.1 Å². The zero-order valence-electron chi connectivity index (χ0n) is 13.5. The molecule has 0 aliphatic rings. The summed E-state index contributed by atoms with van der Waals surface area (Å²) in [5, 5.41) is 13.7. The van der Waals surface area contributed by atoms with Crippen LogP contribution in [0.4, 0.5) is 0 Å². The smallest absolute Gasteiger partial charge is 0.103 e. The number of aliphatic hydroxyl groups is 1. The summed E-state index contributed by atoms with van der Waals surface area (Å²) < 4.78 is 6.91. The third kappa shape index (κ3) is 4.67. The molecule has 0 bridgehead atoms. The fourth-order valence-electron chi connectivity index (χ4n) is 2.59. The van der Waals surface area contributed by atoms with E-state index in [9.17, 15) is 5.11 Å². The van der Waals surface area contributed by atoms with Crippen molar-refractivity contribution in [3.05, 3.63) is 34.7 Å². The van der Waals surface area contributed by atoms with Gasteiger partial charge in [0.2, 0.25) is 0 Å². The van der Waals surface area contributed by atoms with Crippen LogP contribution < -0.4 is 0 Å². The van der Waals surface area contributed by atoms with Crippen molar-refractivity contribution in [1.29, 1.82) is 0 Å². The Labute approximate surface area is 143 Å². The summed E-state index contributed by atoms with van der Waals surface area (Å²) in [5.41, 5.74) is 2.14. The van der Waals surface area contributed by atoms with Crippen LogP contribution in [0.15, 0.2) is 23.6 Å². The normalized spacial score (nSPS) is 12.6. The lowest BCUT2D eigenvalue weighted by Gasteiger charge is -2.19. The lowest BCUT2D eigenvalue weighted by atomic mass is 10.0. The molecule has 1 unspecified atom stereocenters. The summed E-state index contributed by atoms with van der Waals surface area (Å²) in [5.74, 6) is 0. The van der Waals surface area contributed by atoms with Crippen LogP contribution in [0, 0.1) is 6.92 Å². The van der Waals surface area contributed by atoms with Crippen LogP contribution in [-0.2, 0) is 4.74 Å². The van der Waals surface area contributed by atoms with Crippen molar-refractivity contribution in [3.8, 4) is 0 Å². The topological polar surface area (TPSA) is 32.7 Å². The molecule has 0 aliphatic heterocycles. The predicted molar refractivity (Wildman–Crippen MR) is 97.4 cm³/mol. The molecule has 2 aromatic rings. The van der Waals surface area contributed by atoms with E-state index in [1.807, 2.05) is 6.07 Å². The van der Waals surface area contributed by atoms with Crippen molar-refractivity contribution >= 4 is 33.8 Å². The van der Waals surface area contributed by atoms with Gasteiger partial charge in [0.05, 0.1) is 13.2 Å². The second-order valence-electron chi connectivity index (χ2n) is 5.23. The average Bonchev–Trinajstić information content (AvgIpc) is 2.97. The van der Waals surface area contributed by atoms with Crippen LogP contribution in [-0.4, -0.2) is 42.9 Å². The van der Waals surface area contributed by atoms with Gasteiger partial charge in [-0.05, 0) is 54.0 Å². The van der Waals surface area contributed by atoms with E-state index in [0.717, 1.165) is 30.8 Å². The molecule has 0 saturated heterocycles. The van der Waals surface area contributed by atoms with Gasteiger partial charge in [-0.3, -0.25) is 0 Å². The van der Waals surface area contributed by atoms with E-state index in [1.54, 1.807) is 11.3 Å². The number of benzene rings is 1. The number of thiophene rings is 1. The van der Waals surface area contributed by atoms with Gasteiger partial charge in [-0.2, -0.15) is 0 Å². The van der Waals surface area contributed by atoms with Gasteiger partial charge in [0, 0.05) is 11.2 Å². The number of fused-ring (bicyclic) bond motifs is 1. The molecule has 1 N–H and O–H groups in total. The zero-order chi connectivity index (χ0) is 15.2. The molecule has 3 nitrogen and oxygen atoms in total. The molecule has 0 radical (unpaired) electrons. The molecule has 0 fully saturated rings. The largest absolute Gasteiger partial charge is 0.386 e. The molecule has 22 heavy (non-hydrogen) atoms. The molecule has 0 spiro atoms. The molecule has 0 aliphatic carbocycles. The maximum Gasteiger partial charge on any atom is 0.103 e. The Kier molecular flexibility index (Phi) is 8.36. The van der Waals surface area contributed by atoms with Gasteiger partial charge in [-0.1, -0.05) is 19.9 Å². The number of aliphatic hydroxyl groups excluding tert-OH is 1. The number of rotatable bonds is 8. The lowest BCUT2D eigenvalue weighted by Crippen LogP contribution is -2.27. The molecule has 2 rings (SSSR count). The SMILES string of the molecule is CCN(CC)CCOCC(O)c1ccc2sccc2c1C.Cl. The number of aryl methyl sites for hydroxylation is 1. The third-order valence-corrected chi connectivity index (χ3v) is 4.91. The summed E-state index contributed by atoms with van der Waals surface area (Å²) in [6.07, 6.45) is -0.550. The van der Waals surface area contributed by atoms with Crippen molar-refractivity contribution in [3.63, 3.8) is 0 Å². The highest BCUT2D eigenvalue weighted by Gasteiger charge is 2.13. The maximum atomic E-state index is 10.3. The van der Waals surface area contributed by atoms with Crippen molar-refractivity contribution < 1.29 is 9.84 Å². The first-order valence-corrected chi connectivity index (χ1v) is 8.50. The van der Waals surface area contributed by atoms with Crippen molar-refractivity contribution in [1.82, 2.24) is 4.90 Å². The minimum atomic E-state index is -0.550. The Balaban J connectivity index is 0.00000242. The molecule has 5 heteroatoms. The fraction of sp³-hybridized carbons (Fsp3) is 0.529. The van der Waals surface area contributed by atoms with Crippen LogP contribution in [0.2, 0.25) is 0 Å². The number of nitrogens with zero attached hydrogens (tertiary/aromatic N) is 1. The summed E-state index contributed by atoms with van der Waals surface area (Å²) in [7, 11) is 0. The van der Waals surface area contributed by atoms with Gasteiger partial charge >= 0.3 is 0 Å². The van der Waals surface area contributed by atoms with Crippen LogP contribution in [0.1, 0.15) is 31.1 Å². The Bertz CT molecular complexity index is 569. The van der Waals surface area contributed by atoms with E-state index in [4.69, 9.17) is 4.74 Å². The standard InChI is InChI=1S/C17H25NO2S.ClH/c1-4-18(5-2)9-10-20-12-16(19)14-6-7-17-15(13(14)3)8-11-21-17;/h6-8,11,16,19H,4-5,9-10,12H2,1-3H3;1H. The summed E-state index contributed by atoms with van der Waals surface area (Å²) in [6.45, 7) is 10.4. The van der Waals surface area contributed by atoms with Crippen LogP contribution in [0.5, 0.6) is 0 Å². The molecule has 0 amide bonds. The Morgan fingerprint density at radius 3 is 2.64 bits per heavy atom. The van der Waals surface area contributed by atoms with Gasteiger partial charge in [-0.25, -0.2) is 0 Å². The number of ether oxygens (including phenoxy) is 1. The van der Waals surface area contributed by atoms with Crippen molar-refractivity contribution in [2.75, 3.05) is 32.8 Å². The first-order valence-electron chi connectivity index (χ1n) is 7.62. The molecule has 1 aromatic heterocycles. The zero-order valence-corrected chi connectivity index (χ0v) is 15.2. The van der Waals surface area contributed by atoms with E-state index in [0.29, 0.717) is 13.2 Å². The predicted octanol–water partition coefficient (Wildman–Crippen LogP) is 4.02. The number of halogens is 1. The van der Waals surface area contributed by atoms with Crippen molar-refractivity contribution in [2.24, 2.45) is 0 Å². The molecule has 1 aromatic carbocycles. The number of hydrogen-bond donors (Lipinski definition) is 1. The fourth-order valence-corrected chi connectivity index (χ4v) is 3.43. The lowest BCUT2D eigenvalue weighted by molar-refractivity contribution is 0.0272. The number of hydrogen-bond acceptors (Lipinski definition) is 4. The number of likely N-dealkylation sites (N-methyl/N-ethyl adjacent to an activating group) is 1. The molecule has 1 atom stereocenters. The Morgan fingerprint density at radius 2 is 1.95 bits per heavy atom. The second kappa shape index (κ2) is 9.48. The minimum Gasteiger partial charge on any atom is -0.386 e. The Hall–Kier alpha value is -0.650. The van der Waals surface area contributed by atoms with Crippen molar-refractivity contribution in [2.45, 2.75) is 26.9 Å². The molecule has 0 saturated carbocycles. The van der Waals surface area contributed by atoms with E-state index < -0.39 is 6.10 Å². The van der Waals surface area contributed by atoms with E-state index >= 15 is 0 Å². The van der Waals surface area contributed by atoms with Gasteiger partial charge in [0.15, 0.2) is 0 Å². The van der Waals surface area contributed by atoms with Gasteiger partial charge in [0.25, 0.3) is 0 Å². The molecule has 124 valence electrons. The van der Waals surface area contributed by atoms with Crippen LogP contribution in [0.3, 0.4) is 0 Å². The summed E-state index contributed by atoms with van der Waals surface area (Å²) >= 11 is 1.73. The minimum absolute atomic E-state index is 0. The molecule has 1 heterocycles. The maximum absolute atomic E-state index is 10.3.